The van der Waals surface area contributed by atoms with Crippen molar-refractivity contribution in [2.24, 2.45) is 0 Å². The van der Waals surface area contributed by atoms with Gasteiger partial charge in [0.15, 0.2) is 23.0 Å². The van der Waals surface area contributed by atoms with E-state index in [9.17, 15) is 13.5 Å². The molecular formula is C25H27NO8S. The van der Waals surface area contributed by atoms with Crippen LogP contribution in [0.1, 0.15) is 11.1 Å². The highest BCUT2D eigenvalue weighted by Crippen LogP contribution is 2.41. The van der Waals surface area contributed by atoms with E-state index in [0.717, 1.165) is 0 Å². The van der Waals surface area contributed by atoms with Crippen LogP contribution < -0.4 is 28.4 Å². The monoisotopic (exact) mass is 501 g/mol. The summed E-state index contributed by atoms with van der Waals surface area (Å²) >= 11 is 0. The number of rotatable bonds is 10. The first-order valence-electron chi connectivity index (χ1n) is 10.3. The van der Waals surface area contributed by atoms with Gasteiger partial charge in [0, 0.05) is 5.56 Å². The SMILES string of the molecule is COc1ccc(S(=O)(=O)Nc2c(/C=C\c3cc(OC)c(OC)c(OC)c3)ccc(O)c2OC)cc1. The number of benzene rings is 3. The van der Waals surface area contributed by atoms with Crippen LogP contribution in [0.2, 0.25) is 0 Å². The molecule has 0 saturated carbocycles. The van der Waals surface area contributed by atoms with Crippen molar-refractivity contribution in [1.29, 1.82) is 0 Å². The van der Waals surface area contributed by atoms with Gasteiger partial charge in [-0.25, -0.2) is 8.42 Å². The zero-order valence-electron chi connectivity index (χ0n) is 20.0. The second-order valence-corrected chi connectivity index (χ2v) is 8.84. The van der Waals surface area contributed by atoms with Gasteiger partial charge in [-0.15, -0.1) is 0 Å². The molecule has 0 aliphatic rings. The van der Waals surface area contributed by atoms with Crippen LogP contribution in [0.25, 0.3) is 12.2 Å². The van der Waals surface area contributed by atoms with Crippen LogP contribution in [0.3, 0.4) is 0 Å². The van der Waals surface area contributed by atoms with E-state index in [1.165, 1.54) is 53.7 Å². The smallest absolute Gasteiger partial charge is 0.262 e. The summed E-state index contributed by atoms with van der Waals surface area (Å²) in [6.45, 7) is 0. The molecule has 0 fully saturated rings. The molecule has 186 valence electrons. The third kappa shape index (κ3) is 5.55. The summed E-state index contributed by atoms with van der Waals surface area (Å²) in [5.41, 5.74) is 1.23. The molecule has 3 aromatic rings. The normalized spacial score (nSPS) is 11.2. The van der Waals surface area contributed by atoms with E-state index in [1.807, 2.05) is 0 Å². The Morgan fingerprint density at radius 3 is 1.86 bits per heavy atom. The lowest BCUT2D eigenvalue weighted by atomic mass is 10.1. The molecule has 0 radical (unpaired) electrons. The van der Waals surface area contributed by atoms with E-state index in [0.29, 0.717) is 34.1 Å². The topological polar surface area (TPSA) is 113 Å². The van der Waals surface area contributed by atoms with E-state index >= 15 is 0 Å². The summed E-state index contributed by atoms with van der Waals surface area (Å²) in [6, 6.07) is 12.4. The molecule has 9 nitrogen and oxygen atoms in total. The minimum Gasteiger partial charge on any atom is -0.504 e. The number of hydrogen-bond acceptors (Lipinski definition) is 8. The van der Waals surface area contributed by atoms with Crippen LogP contribution in [0.5, 0.6) is 34.5 Å². The van der Waals surface area contributed by atoms with Gasteiger partial charge in [-0.2, -0.15) is 0 Å². The maximum Gasteiger partial charge on any atom is 0.262 e. The van der Waals surface area contributed by atoms with E-state index in [2.05, 4.69) is 4.72 Å². The van der Waals surface area contributed by atoms with Crippen molar-refractivity contribution in [3.05, 3.63) is 59.7 Å². The van der Waals surface area contributed by atoms with Crippen molar-refractivity contribution in [1.82, 2.24) is 0 Å². The summed E-state index contributed by atoms with van der Waals surface area (Å²) in [4.78, 5) is 0.0169. The lowest BCUT2D eigenvalue weighted by Gasteiger charge is -2.16. The fraction of sp³-hybridized carbons (Fsp3) is 0.200. The van der Waals surface area contributed by atoms with Crippen LogP contribution in [-0.2, 0) is 10.0 Å². The van der Waals surface area contributed by atoms with Gasteiger partial charge in [0.2, 0.25) is 5.75 Å². The Balaban J connectivity index is 2.05. The highest BCUT2D eigenvalue weighted by molar-refractivity contribution is 7.92. The number of phenolic OH excluding ortho intramolecular Hbond substituents is 1. The fourth-order valence-corrected chi connectivity index (χ4v) is 4.46. The Morgan fingerprint density at radius 1 is 0.743 bits per heavy atom. The Bertz CT molecular complexity index is 1290. The van der Waals surface area contributed by atoms with Crippen molar-refractivity contribution in [3.63, 3.8) is 0 Å². The maximum absolute atomic E-state index is 13.1. The lowest BCUT2D eigenvalue weighted by molar-refractivity contribution is 0.324. The molecule has 0 atom stereocenters. The molecule has 3 rings (SSSR count). The van der Waals surface area contributed by atoms with Crippen LogP contribution in [0.4, 0.5) is 5.69 Å². The molecule has 0 spiro atoms. The minimum atomic E-state index is -4.01. The van der Waals surface area contributed by atoms with Gasteiger partial charge in [-0.1, -0.05) is 12.2 Å². The lowest BCUT2D eigenvalue weighted by Crippen LogP contribution is -2.14. The number of hydrogen-bond donors (Lipinski definition) is 2. The fourth-order valence-electron chi connectivity index (χ4n) is 3.37. The quantitative estimate of drug-likeness (QED) is 0.393. The van der Waals surface area contributed by atoms with Crippen molar-refractivity contribution in [2.75, 3.05) is 40.3 Å². The highest BCUT2D eigenvalue weighted by atomic mass is 32.2. The molecule has 0 heterocycles. The van der Waals surface area contributed by atoms with E-state index in [1.54, 1.807) is 42.5 Å². The molecule has 0 bridgehead atoms. The zero-order chi connectivity index (χ0) is 25.6. The summed E-state index contributed by atoms with van der Waals surface area (Å²) in [5.74, 6) is 1.67. The Hall–Kier alpha value is -4.05. The Morgan fingerprint density at radius 2 is 1.34 bits per heavy atom. The molecule has 0 unspecified atom stereocenters. The van der Waals surface area contributed by atoms with Crippen molar-refractivity contribution in [2.45, 2.75) is 4.90 Å². The number of nitrogens with one attached hydrogen (secondary N) is 1. The molecule has 10 heteroatoms. The van der Waals surface area contributed by atoms with Gasteiger partial charge in [0.25, 0.3) is 10.0 Å². The predicted molar refractivity (Wildman–Crippen MR) is 133 cm³/mol. The minimum absolute atomic E-state index is 0.0169. The second-order valence-electron chi connectivity index (χ2n) is 7.16. The molecule has 2 N–H and O–H groups in total. The van der Waals surface area contributed by atoms with Crippen LogP contribution >= 0.6 is 0 Å². The molecule has 0 aliphatic heterocycles. The largest absolute Gasteiger partial charge is 0.504 e. The Kier molecular flexibility index (Phi) is 7.98. The van der Waals surface area contributed by atoms with Crippen molar-refractivity contribution < 1.29 is 37.2 Å². The molecule has 35 heavy (non-hydrogen) atoms. The predicted octanol–water partition coefficient (Wildman–Crippen LogP) is 4.41. The van der Waals surface area contributed by atoms with Crippen LogP contribution in [-0.4, -0.2) is 49.1 Å². The summed E-state index contributed by atoms with van der Waals surface area (Å²) in [7, 11) is 3.37. The number of phenols is 1. The molecule has 0 saturated heterocycles. The zero-order valence-corrected chi connectivity index (χ0v) is 20.8. The van der Waals surface area contributed by atoms with Gasteiger partial charge in [-0.05, 0) is 54.1 Å². The van der Waals surface area contributed by atoms with Crippen molar-refractivity contribution >= 4 is 27.9 Å². The summed E-state index contributed by atoms with van der Waals surface area (Å²) in [6.07, 6.45) is 3.41. The van der Waals surface area contributed by atoms with E-state index < -0.39 is 10.0 Å². The Labute approximate surface area is 204 Å². The maximum atomic E-state index is 13.1. The van der Waals surface area contributed by atoms with Crippen LogP contribution in [0, 0.1) is 0 Å². The van der Waals surface area contributed by atoms with E-state index in [4.69, 9.17) is 23.7 Å². The molecular weight excluding hydrogens is 474 g/mol. The third-order valence-electron chi connectivity index (χ3n) is 5.12. The first kappa shape index (κ1) is 25.6. The van der Waals surface area contributed by atoms with Gasteiger partial charge >= 0.3 is 0 Å². The second kappa shape index (κ2) is 10.9. The number of methoxy groups -OCH3 is 5. The first-order valence-corrected chi connectivity index (χ1v) is 11.8. The number of sulfonamides is 1. The summed E-state index contributed by atoms with van der Waals surface area (Å²) in [5, 5.41) is 10.3. The number of anilines is 1. The average molecular weight is 502 g/mol. The molecule has 3 aromatic carbocycles. The standard InChI is InChI=1S/C25H27NO8S/c1-30-18-9-11-19(12-10-18)35(28,29)26-23-17(8-13-20(27)24(23)33-4)7-6-16-14-21(31-2)25(34-5)22(15-16)32-3/h6-15,26-27H,1-5H3/b7-6-. The highest BCUT2D eigenvalue weighted by Gasteiger charge is 2.21. The van der Waals surface area contributed by atoms with Gasteiger partial charge in [0.1, 0.15) is 11.4 Å². The van der Waals surface area contributed by atoms with Gasteiger partial charge < -0.3 is 28.8 Å². The van der Waals surface area contributed by atoms with E-state index in [-0.39, 0.29) is 22.1 Å². The molecule has 0 aromatic heterocycles. The molecule has 0 amide bonds. The molecule has 0 aliphatic carbocycles. The number of ether oxygens (including phenoxy) is 5. The first-order chi connectivity index (χ1) is 16.8. The van der Waals surface area contributed by atoms with Gasteiger partial charge in [0.05, 0.1) is 40.4 Å². The summed E-state index contributed by atoms with van der Waals surface area (Å²) < 4.78 is 55.2. The third-order valence-corrected chi connectivity index (χ3v) is 6.49. The van der Waals surface area contributed by atoms with Gasteiger partial charge in [-0.3, -0.25) is 4.72 Å². The average Bonchev–Trinajstić information content (AvgIpc) is 2.87. The van der Waals surface area contributed by atoms with Crippen molar-refractivity contribution in [3.8, 4) is 34.5 Å². The van der Waals surface area contributed by atoms with Crippen LogP contribution in [0.15, 0.2) is 53.4 Å². The number of aromatic hydroxyl groups is 1.